The Kier molecular flexibility index (Phi) is 1.45. The van der Waals surface area contributed by atoms with Crippen molar-refractivity contribution < 1.29 is 9.59 Å². The highest BCUT2D eigenvalue weighted by Gasteiger charge is 2.58. The molecule has 0 unspecified atom stereocenters. The summed E-state index contributed by atoms with van der Waals surface area (Å²) in [6.07, 6.45) is 5.26. The van der Waals surface area contributed by atoms with Gasteiger partial charge in [-0.1, -0.05) is 12.2 Å². The molecule has 1 saturated heterocycles. The molecular weight excluding hydrogens is 178 g/mol. The van der Waals surface area contributed by atoms with Gasteiger partial charge in [-0.2, -0.15) is 0 Å². The van der Waals surface area contributed by atoms with Gasteiger partial charge in [0.05, 0.1) is 11.8 Å². The number of fused-ring (bicyclic) bond motifs is 5. The smallest absolute Gasteiger partial charge is 0.233 e. The van der Waals surface area contributed by atoms with E-state index in [9.17, 15) is 9.59 Å². The summed E-state index contributed by atoms with van der Waals surface area (Å²) in [5, 5.41) is 0. The maximum absolute atomic E-state index is 11.9. The van der Waals surface area contributed by atoms with Gasteiger partial charge in [-0.3, -0.25) is 14.5 Å². The van der Waals surface area contributed by atoms with Crippen LogP contribution in [0.2, 0.25) is 0 Å². The average Bonchev–Trinajstić information content (AvgIpc) is 2.80. The second-order valence-electron chi connectivity index (χ2n) is 4.42. The van der Waals surface area contributed by atoms with E-state index in [1.54, 1.807) is 0 Å². The fourth-order valence-corrected chi connectivity index (χ4v) is 3.28. The van der Waals surface area contributed by atoms with E-state index in [2.05, 4.69) is 12.2 Å². The Morgan fingerprint density at radius 3 is 2.14 bits per heavy atom. The second-order valence-corrected chi connectivity index (χ2v) is 4.42. The topological polar surface area (TPSA) is 37.4 Å². The molecule has 0 spiro atoms. The summed E-state index contributed by atoms with van der Waals surface area (Å²) in [5.41, 5.74) is 0. The van der Waals surface area contributed by atoms with Crippen LogP contribution >= 0.6 is 0 Å². The first-order valence-corrected chi connectivity index (χ1v) is 5.27. The van der Waals surface area contributed by atoms with E-state index < -0.39 is 0 Å². The van der Waals surface area contributed by atoms with Crippen LogP contribution in [0.5, 0.6) is 0 Å². The van der Waals surface area contributed by atoms with Crippen LogP contribution in [0.25, 0.3) is 0 Å². The molecule has 3 heteroatoms. The Morgan fingerprint density at radius 1 is 1.21 bits per heavy atom. The molecule has 2 fully saturated rings. The summed E-state index contributed by atoms with van der Waals surface area (Å²) in [5.74, 6) is 0.796. The molecule has 3 nitrogen and oxygen atoms in total. The number of imide groups is 1. The number of allylic oxidation sites excluding steroid dienone is 2. The molecule has 0 N–H and O–H groups in total. The Bertz CT molecular complexity index is 317. The molecule has 0 radical (unpaired) electrons. The largest absolute Gasteiger partial charge is 0.282 e. The molecule has 14 heavy (non-hydrogen) atoms. The first-order chi connectivity index (χ1) is 6.74. The van der Waals surface area contributed by atoms with E-state index in [1.165, 1.54) is 4.90 Å². The molecule has 1 heterocycles. The van der Waals surface area contributed by atoms with E-state index in [-0.39, 0.29) is 23.7 Å². The van der Waals surface area contributed by atoms with Crippen molar-refractivity contribution in [3.8, 4) is 0 Å². The van der Waals surface area contributed by atoms with Gasteiger partial charge in [-0.25, -0.2) is 0 Å². The summed E-state index contributed by atoms with van der Waals surface area (Å²) < 4.78 is 0. The van der Waals surface area contributed by atoms with Crippen LogP contribution in [0, 0.1) is 23.7 Å². The molecule has 1 aliphatic heterocycles. The van der Waals surface area contributed by atoms with Crippen LogP contribution in [0.1, 0.15) is 13.3 Å². The molecule has 1 saturated carbocycles. The van der Waals surface area contributed by atoms with Crippen molar-refractivity contribution >= 4 is 11.8 Å². The van der Waals surface area contributed by atoms with Gasteiger partial charge in [-0.15, -0.1) is 0 Å². The summed E-state index contributed by atoms with van der Waals surface area (Å²) in [6, 6.07) is 0. The van der Waals surface area contributed by atoms with Gasteiger partial charge in [0.1, 0.15) is 0 Å². The standard InChI is InChI=1S/C11H13NO2/c1-2-12-10(13)8-6-3-4-7(5-6)9(8)11(12)14/h3-4,6-9H,2,5H2,1H3/t6-,7-,8+,9+/m0/s1. The zero-order valence-electron chi connectivity index (χ0n) is 8.14. The van der Waals surface area contributed by atoms with E-state index in [0.29, 0.717) is 18.4 Å². The van der Waals surface area contributed by atoms with Gasteiger partial charge >= 0.3 is 0 Å². The Morgan fingerprint density at radius 2 is 1.71 bits per heavy atom. The third-order valence-corrected chi connectivity index (χ3v) is 3.88. The van der Waals surface area contributed by atoms with Gasteiger partial charge in [0.15, 0.2) is 0 Å². The molecule has 0 aromatic heterocycles. The van der Waals surface area contributed by atoms with Crippen LogP contribution in [-0.2, 0) is 9.59 Å². The maximum Gasteiger partial charge on any atom is 0.233 e. The SMILES string of the molecule is CCN1C(=O)[C@H]2[C@H](C1=O)[C@H]1C=C[C@H]2C1. The quantitative estimate of drug-likeness (QED) is 0.454. The first-order valence-electron chi connectivity index (χ1n) is 5.27. The molecule has 3 aliphatic rings. The third kappa shape index (κ3) is 0.740. The lowest BCUT2D eigenvalue weighted by Crippen LogP contribution is -2.32. The molecule has 4 atom stereocenters. The lowest BCUT2D eigenvalue weighted by molar-refractivity contribution is -0.140. The monoisotopic (exact) mass is 191 g/mol. The molecular formula is C11H13NO2. The molecule has 2 amide bonds. The summed E-state index contributed by atoms with van der Waals surface area (Å²) >= 11 is 0. The van der Waals surface area contributed by atoms with Gasteiger partial charge in [0.25, 0.3) is 0 Å². The van der Waals surface area contributed by atoms with Crippen molar-refractivity contribution in [3.63, 3.8) is 0 Å². The lowest BCUT2D eigenvalue weighted by Gasteiger charge is -2.14. The van der Waals surface area contributed by atoms with E-state index in [0.717, 1.165) is 6.42 Å². The minimum Gasteiger partial charge on any atom is -0.282 e. The predicted molar refractivity (Wildman–Crippen MR) is 50.1 cm³/mol. The minimum atomic E-state index is -0.0163. The number of likely N-dealkylation sites (tertiary alicyclic amines) is 1. The highest BCUT2D eigenvalue weighted by molar-refractivity contribution is 6.06. The predicted octanol–water partition coefficient (Wildman–Crippen LogP) is 0.813. The second kappa shape index (κ2) is 2.47. The van der Waals surface area contributed by atoms with Gasteiger partial charge in [0, 0.05) is 6.54 Å². The Labute approximate surface area is 82.8 Å². The number of hydrogen-bond acceptors (Lipinski definition) is 2. The van der Waals surface area contributed by atoms with E-state index in [4.69, 9.17) is 0 Å². The number of hydrogen-bond donors (Lipinski definition) is 0. The van der Waals surface area contributed by atoms with Crippen molar-refractivity contribution in [2.45, 2.75) is 13.3 Å². The fraction of sp³-hybridized carbons (Fsp3) is 0.636. The Balaban J connectivity index is 2.02. The Hall–Kier alpha value is -1.12. The number of nitrogens with zero attached hydrogens (tertiary/aromatic N) is 1. The highest BCUT2D eigenvalue weighted by atomic mass is 16.2. The van der Waals surface area contributed by atoms with Gasteiger partial charge < -0.3 is 0 Å². The third-order valence-electron chi connectivity index (χ3n) is 3.88. The normalized spacial score (nSPS) is 43.9. The van der Waals surface area contributed by atoms with Crippen molar-refractivity contribution in [2.24, 2.45) is 23.7 Å². The van der Waals surface area contributed by atoms with E-state index in [1.807, 2.05) is 6.92 Å². The van der Waals surface area contributed by atoms with Gasteiger partial charge in [-0.05, 0) is 25.2 Å². The van der Waals surface area contributed by atoms with Crippen LogP contribution in [0.4, 0.5) is 0 Å². The average molecular weight is 191 g/mol. The summed E-state index contributed by atoms with van der Waals surface area (Å²) in [7, 11) is 0. The van der Waals surface area contributed by atoms with Crippen LogP contribution in [0.15, 0.2) is 12.2 Å². The minimum absolute atomic E-state index is 0.0163. The summed E-state index contributed by atoms with van der Waals surface area (Å²) in [6.45, 7) is 2.40. The molecule has 74 valence electrons. The van der Waals surface area contributed by atoms with E-state index >= 15 is 0 Å². The zero-order chi connectivity index (χ0) is 9.87. The zero-order valence-corrected chi connectivity index (χ0v) is 8.14. The van der Waals surface area contributed by atoms with Crippen LogP contribution in [0.3, 0.4) is 0 Å². The van der Waals surface area contributed by atoms with Crippen LogP contribution in [-0.4, -0.2) is 23.3 Å². The molecule has 2 bridgehead atoms. The number of rotatable bonds is 1. The summed E-state index contributed by atoms with van der Waals surface area (Å²) in [4.78, 5) is 25.2. The number of carbonyl (C=O) groups is 2. The van der Waals surface area contributed by atoms with Crippen molar-refractivity contribution in [2.75, 3.05) is 6.54 Å². The lowest BCUT2D eigenvalue weighted by atomic mass is 9.85. The van der Waals surface area contributed by atoms with Crippen molar-refractivity contribution in [1.29, 1.82) is 0 Å². The fourth-order valence-electron chi connectivity index (χ4n) is 3.28. The van der Waals surface area contributed by atoms with Crippen molar-refractivity contribution in [1.82, 2.24) is 4.90 Å². The van der Waals surface area contributed by atoms with Gasteiger partial charge in [0.2, 0.25) is 11.8 Å². The van der Waals surface area contributed by atoms with Crippen LogP contribution < -0.4 is 0 Å². The van der Waals surface area contributed by atoms with Crippen molar-refractivity contribution in [3.05, 3.63) is 12.2 Å². The molecule has 2 aliphatic carbocycles. The first kappa shape index (κ1) is 8.21. The molecule has 3 rings (SSSR count). The molecule has 0 aromatic rings. The number of carbonyl (C=O) groups excluding carboxylic acids is 2. The maximum atomic E-state index is 11.9. The highest BCUT2D eigenvalue weighted by Crippen LogP contribution is 2.52. The number of amides is 2. The molecule has 0 aromatic carbocycles.